The zero-order valence-electron chi connectivity index (χ0n) is 30.1. The molecule has 11 nitrogen and oxygen atoms in total. The van der Waals surface area contributed by atoms with Crippen LogP contribution in [0.1, 0.15) is 107 Å². The number of nitrogens with two attached hydrogens (primary N) is 1. The van der Waals surface area contributed by atoms with E-state index in [1.54, 1.807) is 14.0 Å². The largest absolute Gasteiger partial charge is 0.481 e. The first-order valence-electron chi connectivity index (χ1n) is 18.2. The highest BCUT2D eigenvalue weighted by Crippen LogP contribution is 2.54. The second-order valence-electron chi connectivity index (χ2n) is 16.4. The van der Waals surface area contributed by atoms with Crippen molar-refractivity contribution < 1.29 is 48.5 Å². The molecule has 47 heavy (non-hydrogen) atoms. The van der Waals surface area contributed by atoms with E-state index in [2.05, 4.69) is 34.6 Å². The fourth-order valence-electron chi connectivity index (χ4n) is 9.98. The lowest BCUT2D eigenvalue weighted by Gasteiger charge is -2.49. The lowest BCUT2D eigenvalue weighted by molar-refractivity contribution is -0.327. The van der Waals surface area contributed by atoms with E-state index in [0.29, 0.717) is 12.8 Å². The number of aliphatic carboxylic acids is 1. The summed E-state index contributed by atoms with van der Waals surface area (Å²) in [7, 11) is 1.56. The Morgan fingerprint density at radius 1 is 1.04 bits per heavy atom. The van der Waals surface area contributed by atoms with Crippen LogP contribution in [0.3, 0.4) is 0 Å². The average molecular weight is 670 g/mol. The van der Waals surface area contributed by atoms with Crippen molar-refractivity contribution in [3.8, 4) is 0 Å². The van der Waals surface area contributed by atoms with Crippen LogP contribution in [0.4, 0.5) is 0 Å². The zero-order valence-corrected chi connectivity index (χ0v) is 30.1. The molecule has 5 rings (SSSR count). The van der Waals surface area contributed by atoms with Gasteiger partial charge in [-0.1, -0.05) is 41.5 Å². The van der Waals surface area contributed by atoms with Crippen molar-refractivity contribution >= 4 is 5.97 Å². The Labute approximate surface area is 281 Å². The number of hydrogen-bond donors (Lipinski definition) is 4. The summed E-state index contributed by atoms with van der Waals surface area (Å²) in [5.74, 6) is -3.98. The molecule has 0 bridgehead atoms. The van der Waals surface area contributed by atoms with E-state index in [1.165, 1.54) is 0 Å². The normalized spacial score (nSPS) is 50.9. The van der Waals surface area contributed by atoms with Gasteiger partial charge in [-0.25, -0.2) is 0 Å². The van der Waals surface area contributed by atoms with E-state index in [1.807, 2.05) is 13.8 Å². The van der Waals surface area contributed by atoms with E-state index in [4.69, 9.17) is 34.2 Å². The number of carboxylic acids is 1. The number of aliphatic hydroxyl groups excluding tert-OH is 1. The minimum Gasteiger partial charge on any atom is -0.481 e. The molecule has 0 unspecified atom stereocenters. The molecule has 272 valence electrons. The maximum atomic E-state index is 11.9. The van der Waals surface area contributed by atoms with Gasteiger partial charge < -0.3 is 49.5 Å². The summed E-state index contributed by atoms with van der Waals surface area (Å²) in [5.41, 5.74) is 5.69. The Hall–Kier alpha value is -0.890. The molecule has 0 saturated carbocycles. The highest BCUT2D eigenvalue weighted by Gasteiger charge is 2.62. The standard InChI is InChI=1S/C36H63NO10/c1-10-34(31-20(3)16-26(43-31)28-19(2)15-21(4)36(41,18-38)46-28)12-11-27(44-34)33(8)13-14-35(47-33)17-25(37)22(5)30(45-35)23(6)29(42-9)24(7)32(39)40/h19-31,38,41H,10-18,37H2,1-9H3,(H,39,40)/t19-,20-,21+,22+,23-,24-,25-,26+,27+,28-,29+,30-,31+,33-,34-,35+,36-/m0/s1. The summed E-state index contributed by atoms with van der Waals surface area (Å²) in [4.78, 5) is 11.9. The molecule has 5 N–H and O–H groups in total. The molecule has 0 amide bonds. The number of ether oxygens (including phenoxy) is 6. The van der Waals surface area contributed by atoms with Crippen LogP contribution in [0.15, 0.2) is 0 Å². The molecule has 1 spiro atoms. The molecule has 11 heteroatoms. The summed E-state index contributed by atoms with van der Waals surface area (Å²) < 4.78 is 39.7. The zero-order chi connectivity index (χ0) is 34.7. The topological polar surface area (TPSA) is 159 Å². The molecule has 5 heterocycles. The van der Waals surface area contributed by atoms with Gasteiger partial charge in [-0.3, -0.25) is 4.79 Å². The molecule has 5 saturated heterocycles. The number of methoxy groups -OCH3 is 1. The third-order valence-corrected chi connectivity index (χ3v) is 13.1. The molecule has 0 aromatic heterocycles. The van der Waals surface area contributed by atoms with Crippen molar-refractivity contribution in [2.75, 3.05) is 13.7 Å². The van der Waals surface area contributed by atoms with E-state index in [0.717, 1.165) is 38.5 Å². The third kappa shape index (κ3) is 6.67. The number of carbonyl (C=O) groups is 1. The molecular weight excluding hydrogens is 606 g/mol. The lowest BCUT2D eigenvalue weighted by atomic mass is 9.77. The molecule has 5 aliphatic heterocycles. The van der Waals surface area contributed by atoms with Gasteiger partial charge in [-0.2, -0.15) is 0 Å². The summed E-state index contributed by atoms with van der Waals surface area (Å²) in [6.45, 7) is 15.9. The second kappa shape index (κ2) is 13.7. The predicted octanol–water partition coefficient (Wildman–Crippen LogP) is 4.24. The van der Waals surface area contributed by atoms with Crippen LogP contribution in [0, 0.1) is 35.5 Å². The molecule has 0 aromatic rings. The van der Waals surface area contributed by atoms with Gasteiger partial charge in [-0.05, 0) is 70.1 Å². The molecule has 17 atom stereocenters. The quantitative estimate of drug-likeness (QED) is 0.264. The first kappa shape index (κ1) is 37.4. The van der Waals surface area contributed by atoms with E-state index < -0.39 is 47.4 Å². The molecule has 5 fully saturated rings. The van der Waals surface area contributed by atoms with Gasteiger partial charge >= 0.3 is 5.97 Å². The Morgan fingerprint density at radius 2 is 1.74 bits per heavy atom. The monoisotopic (exact) mass is 669 g/mol. The van der Waals surface area contributed by atoms with Crippen LogP contribution in [0.2, 0.25) is 0 Å². The van der Waals surface area contributed by atoms with Crippen molar-refractivity contribution in [2.24, 2.45) is 41.2 Å². The summed E-state index contributed by atoms with van der Waals surface area (Å²) in [6.07, 6.45) is 4.39. The van der Waals surface area contributed by atoms with E-state index in [9.17, 15) is 20.1 Å². The molecule has 0 radical (unpaired) electrons. The molecular formula is C36H63NO10. The predicted molar refractivity (Wildman–Crippen MR) is 174 cm³/mol. The number of hydrogen-bond acceptors (Lipinski definition) is 10. The summed E-state index contributed by atoms with van der Waals surface area (Å²) in [6, 6.07) is -0.170. The van der Waals surface area contributed by atoms with Gasteiger partial charge in [-0.15, -0.1) is 0 Å². The summed E-state index contributed by atoms with van der Waals surface area (Å²) in [5, 5.41) is 30.6. The van der Waals surface area contributed by atoms with Gasteiger partial charge in [0.05, 0.1) is 60.4 Å². The van der Waals surface area contributed by atoms with Crippen molar-refractivity contribution in [2.45, 2.75) is 172 Å². The van der Waals surface area contributed by atoms with E-state index in [-0.39, 0.29) is 66.2 Å². The van der Waals surface area contributed by atoms with Crippen LogP contribution in [-0.4, -0.2) is 100 Å². The number of aliphatic hydroxyl groups is 2. The fraction of sp³-hybridized carbons (Fsp3) is 0.972. The van der Waals surface area contributed by atoms with Crippen molar-refractivity contribution in [1.82, 2.24) is 0 Å². The van der Waals surface area contributed by atoms with Gasteiger partial charge in [0, 0.05) is 37.8 Å². The number of rotatable bonds is 10. The molecule has 5 aliphatic rings. The minimum atomic E-state index is -1.55. The number of carboxylic acid groups (broad SMARTS) is 1. The SMILES string of the molecule is CC[C@@]1([C@@H]2O[C@@H]([C@H]3O[C@@](O)(CO)[C@H](C)C[C@@H]3C)C[C@@H]2C)CC[C@H]([C@]2(C)CC[C@]3(C[C@H](N)[C@@H](C)[C@@H]([C@@H](C)[C@@H](OC)[C@H](C)C(=O)O)O3)O2)O1. The Kier molecular flexibility index (Phi) is 10.9. The van der Waals surface area contributed by atoms with Gasteiger partial charge in [0.1, 0.15) is 0 Å². The average Bonchev–Trinajstić information content (AvgIpc) is 3.73. The van der Waals surface area contributed by atoms with Gasteiger partial charge in [0.25, 0.3) is 0 Å². The maximum absolute atomic E-state index is 11.9. The van der Waals surface area contributed by atoms with Crippen LogP contribution < -0.4 is 5.73 Å². The second-order valence-corrected chi connectivity index (χ2v) is 16.4. The van der Waals surface area contributed by atoms with Crippen molar-refractivity contribution in [3.05, 3.63) is 0 Å². The maximum Gasteiger partial charge on any atom is 0.308 e. The molecule has 0 aliphatic carbocycles. The van der Waals surface area contributed by atoms with Gasteiger partial charge in [0.2, 0.25) is 0 Å². The first-order chi connectivity index (χ1) is 22.0. The van der Waals surface area contributed by atoms with Crippen LogP contribution in [-0.2, 0) is 33.2 Å². The summed E-state index contributed by atoms with van der Waals surface area (Å²) >= 11 is 0. The third-order valence-electron chi connectivity index (χ3n) is 13.1. The van der Waals surface area contributed by atoms with Crippen LogP contribution in [0.5, 0.6) is 0 Å². The van der Waals surface area contributed by atoms with Gasteiger partial charge in [0.15, 0.2) is 11.6 Å². The van der Waals surface area contributed by atoms with Crippen LogP contribution in [0.25, 0.3) is 0 Å². The minimum absolute atomic E-state index is 0.00147. The lowest BCUT2D eigenvalue weighted by Crippen LogP contribution is -2.58. The molecule has 0 aromatic carbocycles. The van der Waals surface area contributed by atoms with Crippen LogP contribution >= 0.6 is 0 Å². The highest BCUT2D eigenvalue weighted by molar-refractivity contribution is 5.70. The first-order valence-corrected chi connectivity index (χ1v) is 18.2. The Morgan fingerprint density at radius 3 is 2.36 bits per heavy atom. The Bertz CT molecular complexity index is 1110. The smallest absolute Gasteiger partial charge is 0.308 e. The highest BCUT2D eigenvalue weighted by atomic mass is 16.7. The Balaban J connectivity index is 1.29. The van der Waals surface area contributed by atoms with E-state index >= 15 is 0 Å². The fourth-order valence-corrected chi connectivity index (χ4v) is 9.98. The van der Waals surface area contributed by atoms with Crippen molar-refractivity contribution in [1.29, 1.82) is 0 Å². The van der Waals surface area contributed by atoms with Crippen molar-refractivity contribution in [3.63, 3.8) is 0 Å².